The molecular weight excluding hydrogens is 496 g/mol. The van der Waals surface area contributed by atoms with E-state index in [0.29, 0.717) is 17.2 Å². The third-order valence-corrected chi connectivity index (χ3v) is 6.55. The number of benzene rings is 4. The highest BCUT2D eigenvalue weighted by Crippen LogP contribution is 2.31. The molecule has 4 rings (SSSR count). The third-order valence-electron chi connectivity index (χ3n) is 6.55. The molecule has 0 radical (unpaired) electrons. The summed E-state index contributed by atoms with van der Waals surface area (Å²) >= 11 is 0. The Kier molecular flexibility index (Phi) is 8.55. The van der Waals surface area contributed by atoms with Crippen LogP contribution in [0.25, 0.3) is 11.1 Å². The zero-order valence-electron chi connectivity index (χ0n) is 22.4. The Morgan fingerprint density at radius 1 is 0.872 bits per heavy atom. The molecule has 1 atom stereocenters. The zero-order valence-corrected chi connectivity index (χ0v) is 22.4. The van der Waals surface area contributed by atoms with Crippen LogP contribution in [-0.4, -0.2) is 11.9 Å². The lowest BCUT2D eigenvalue weighted by Crippen LogP contribution is -2.20. The van der Waals surface area contributed by atoms with Gasteiger partial charge in [0.2, 0.25) is 0 Å². The standard InChI is InChI=1S/C33H31F2NO3/c1-20(2)17-23-9-11-24(12-10-23)22(4)33(38)39-31-16-13-25(27-15-14-26(34)19-29(27)35)18-28(31)32(37)36-30-8-6-5-7-21(30)3/h5-16,18-20,22H,17H2,1-4H3,(H,36,37). The summed E-state index contributed by atoms with van der Waals surface area (Å²) in [6.07, 6.45) is 0.944. The minimum Gasteiger partial charge on any atom is -0.425 e. The van der Waals surface area contributed by atoms with Crippen LogP contribution in [0.1, 0.15) is 53.7 Å². The predicted octanol–water partition coefficient (Wildman–Crippen LogP) is 8.10. The van der Waals surface area contributed by atoms with Gasteiger partial charge in [0.25, 0.3) is 5.91 Å². The molecule has 4 aromatic carbocycles. The Labute approximate surface area is 227 Å². The highest BCUT2D eigenvalue weighted by Gasteiger charge is 2.23. The molecule has 200 valence electrons. The molecule has 1 N–H and O–H groups in total. The SMILES string of the molecule is Cc1ccccc1NC(=O)c1cc(-c2ccc(F)cc2F)ccc1OC(=O)C(C)c1ccc(CC(C)C)cc1. The van der Waals surface area contributed by atoms with Crippen LogP contribution in [0.4, 0.5) is 14.5 Å². The van der Waals surface area contributed by atoms with Crippen molar-refractivity contribution in [2.45, 2.75) is 40.0 Å². The van der Waals surface area contributed by atoms with Gasteiger partial charge >= 0.3 is 5.97 Å². The molecule has 4 aromatic rings. The predicted molar refractivity (Wildman–Crippen MR) is 150 cm³/mol. The Balaban J connectivity index is 1.65. The van der Waals surface area contributed by atoms with Crippen molar-refractivity contribution in [3.05, 3.63) is 119 Å². The number of halogens is 2. The summed E-state index contributed by atoms with van der Waals surface area (Å²) < 4.78 is 33.8. The number of nitrogens with one attached hydrogen (secondary N) is 1. The van der Waals surface area contributed by atoms with Crippen LogP contribution < -0.4 is 10.1 Å². The molecule has 0 aromatic heterocycles. The van der Waals surface area contributed by atoms with Gasteiger partial charge in [0.05, 0.1) is 11.5 Å². The van der Waals surface area contributed by atoms with Crippen LogP contribution in [0.15, 0.2) is 84.9 Å². The average molecular weight is 528 g/mol. The highest BCUT2D eigenvalue weighted by molar-refractivity contribution is 6.07. The van der Waals surface area contributed by atoms with Crippen molar-refractivity contribution in [1.29, 1.82) is 0 Å². The number of hydrogen-bond donors (Lipinski definition) is 1. The van der Waals surface area contributed by atoms with E-state index in [-0.39, 0.29) is 16.9 Å². The number of carbonyl (C=O) groups is 2. The summed E-state index contributed by atoms with van der Waals surface area (Å²) in [5, 5.41) is 2.84. The summed E-state index contributed by atoms with van der Waals surface area (Å²) in [5.74, 6) is -2.54. The average Bonchev–Trinajstić information content (AvgIpc) is 2.90. The van der Waals surface area contributed by atoms with E-state index in [2.05, 4.69) is 19.2 Å². The van der Waals surface area contributed by atoms with Crippen molar-refractivity contribution in [2.75, 3.05) is 5.32 Å². The molecule has 0 bridgehead atoms. The molecule has 1 amide bonds. The maximum atomic E-state index is 14.5. The van der Waals surface area contributed by atoms with Crippen LogP contribution >= 0.6 is 0 Å². The van der Waals surface area contributed by atoms with E-state index in [1.807, 2.05) is 43.3 Å². The first kappa shape index (κ1) is 27.7. The molecule has 1 unspecified atom stereocenters. The van der Waals surface area contributed by atoms with E-state index in [0.717, 1.165) is 29.7 Å². The first-order chi connectivity index (χ1) is 18.6. The Morgan fingerprint density at radius 2 is 1.59 bits per heavy atom. The van der Waals surface area contributed by atoms with E-state index in [4.69, 9.17) is 4.74 Å². The first-order valence-corrected chi connectivity index (χ1v) is 12.9. The van der Waals surface area contributed by atoms with Gasteiger partial charge in [-0.3, -0.25) is 9.59 Å². The minimum atomic E-state index is -0.764. The molecule has 0 aliphatic heterocycles. The molecule has 0 saturated carbocycles. The van der Waals surface area contributed by atoms with E-state index >= 15 is 0 Å². The number of carbonyl (C=O) groups excluding carboxylic acids is 2. The summed E-state index contributed by atoms with van der Waals surface area (Å²) in [5.41, 5.74) is 3.93. The summed E-state index contributed by atoms with van der Waals surface area (Å²) in [7, 11) is 0. The fourth-order valence-corrected chi connectivity index (χ4v) is 4.34. The maximum Gasteiger partial charge on any atom is 0.318 e. The molecule has 0 aliphatic rings. The van der Waals surface area contributed by atoms with E-state index in [9.17, 15) is 18.4 Å². The quantitative estimate of drug-likeness (QED) is 0.186. The van der Waals surface area contributed by atoms with E-state index in [1.165, 1.54) is 29.8 Å². The van der Waals surface area contributed by atoms with Crippen LogP contribution in [0.2, 0.25) is 0 Å². The number of esters is 1. The molecule has 39 heavy (non-hydrogen) atoms. The van der Waals surface area contributed by atoms with Crippen molar-refractivity contribution in [3.63, 3.8) is 0 Å². The second-order valence-corrected chi connectivity index (χ2v) is 10.1. The molecule has 0 aliphatic carbocycles. The fourth-order valence-electron chi connectivity index (χ4n) is 4.34. The second-order valence-electron chi connectivity index (χ2n) is 10.1. The smallest absolute Gasteiger partial charge is 0.318 e. The molecule has 0 spiro atoms. The van der Waals surface area contributed by atoms with Crippen LogP contribution in [0, 0.1) is 24.5 Å². The van der Waals surface area contributed by atoms with Gasteiger partial charge in [-0.15, -0.1) is 0 Å². The Bertz CT molecular complexity index is 1500. The lowest BCUT2D eigenvalue weighted by atomic mass is 9.97. The van der Waals surface area contributed by atoms with Crippen molar-refractivity contribution >= 4 is 17.6 Å². The highest BCUT2D eigenvalue weighted by atomic mass is 19.1. The third kappa shape index (κ3) is 6.77. The number of para-hydroxylation sites is 1. The normalized spacial score (nSPS) is 11.8. The first-order valence-electron chi connectivity index (χ1n) is 12.9. The number of rotatable bonds is 8. The summed E-state index contributed by atoms with van der Waals surface area (Å²) in [6.45, 7) is 7.90. The van der Waals surface area contributed by atoms with Crippen molar-refractivity contribution in [3.8, 4) is 16.9 Å². The van der Waals surface area contributed by atoms with Gasteiger partial charge in [0.15, 0.2) is 0 Å². The van der Waals surface area contributed by atoms with Crippen molar-refractivity contribution in [2.24, 2.45) is 5.92 Å². The van der Waals surface area contributed by atoms with Gasteiger partial charge in [-0.1, -0.05) is 62.4 Å². The monoisotopic (exact) mass is 527 g/mol. The largest absolute Gasteiger partial charge is 0.425 e. The van der Waals surface area contributed by atoms with E-state index in [1.54, 1.807) is 19.1 Å². The molecule has 0 fully saturated rings. The van der Waals surface area contributed by atoms with Gasteiger partial charge in [-0.2, -0.15) is 0 Å². The minimum absolute atomic E-state index is 0.0423. The molecule has 4 nitrogen and oxygen atoms in total. The molecule has 0 heterocycles. The lowest BCUT2D eigenvalue weighted by Gasteiger charge is -2.16. The number of anilines is 1. The lowest BCUT2D eigenvalue weighted by molar-refractivity contribution is -0.135. The van der Waals surface area contributed by atoms with Gasteiger partial charge in [0, 0.05) is 17.3 Å². The molecule has 6 heteroatoms. The Hall–Kier alpha value is -4.32. The molecule has 0 saturated heterocycles. The van der Waals surface area contributed by atoms with Crippen molar-refractivity contribution in [1.82, 2.24) is 0 Å². The van der Waals surface area contributed by atoms with Crippen LogP contribution in [0.3, 0.4) is 0 Å². The topological polar surface area (TPSA) is 55.4 Å². The van der Waals surface area contributed by atoms with Crippen LogP contribution in [0.5, 0.6) is 5.75 Å². The van der Waals surface area contributed by atoms with Crippen molar-refractivity contribution < 1.29 is 23.1 Å². The Morgan fingerprint density at radius 3 is 2.26 bits per heavy atom. The van der Waals surface area contributed by atoms with Gasteiger partial charge < -0.3 is 10.1 Å². The summed E-state index contributed by atoms with van der Waals surface area (Å²) in [4.78, 5) is 26.6. The molecular formula is C33H31F2NO3. The van der Waals surface area contributed by atoms with Crippen LogP contribution in [-0.2, 0) is 11.2 Å². The number of ether oxygens (including phenoxy) is 1. The maximum absolute atomic E-state index is 14.5. The summed E-state index contributed by atoms with van der Waals surface area (Å²) in [6, 6.07) is 22.8. The number of aryl methyl sites for hydroxylation is 1. The van der Waals surface area contributed by atoms with E-state index < -0.39 is 29.4 Å². The van der Waals surface area contributed by atoms with Gasteiger partial charge in [-0.05, 0) is 78.8 Å². The number of amides is 1. The second kappa shape index (κ2) is 12.0. The number of hydrogen-bond acceptors (Lipinski definition) is 3. The van der Waals surface area contributed by atoms with Gasteiger partial charge in [-0.25, -0.2) is 8.78 Å². The fraction of sp³-hybridized carbons (Fsp3) is 0.212. The zero-order chi connectivity index (χ0) is 28.1. The van der Waals surface area contributed by atoms with Gasteiger partial charge in [0.1, 0.15) is 17.4 Å².